The maximum absolute atomic E-state index is 12.7. The first kappa shape index (κ1) is 21.7. The first-order valence-corrected chi connectivity index (χ1v) is 10.2. The van der Waals surface area contributed by atoms with Gasteiger partial charge < -0.3 is 14.7 Å². The van der Waals surface area contributed by atoms with Gasteiger partial charge in [0.1, 0.15) is 17.9 Å². The van der Waals surface area contributed by atoms with Gasteiger partial charge in [0.15, 0.2) is 0 Å². The van der Waals surface area contributed by atoms with Crippen LogP contribution in [0.1, 0.15) is 48.2 Å². The van der Waals surface area contributed by atoms with Gasteiger partial charge in [-0.25, -0.2) is 4.98 Å². The van der Waals surface area contributed by atoms with Gasteiger partial charge in [-0.15, -0.1) is 0 Å². The molecular formula is C21H26N4O5. The first-order valence-electron chi connectivity index (χ1n) is 10.2. The maximum Gasteiger partial charge on any atom is 0.312 e. The Bertz CT molecular complexity index is 823. The summed E-state index contributed by atoms with van der Waals surface area (Å²) in [5, 5.41) is 15.8. The molecule has 9 heteroatoms. The predicted octanol–water partition coefficient (Wildman–Crippen LogP) is 1.29. The molecule has 30 heavy (non-hydrogen) atoms. The van der Waals surface area contributed by atoms with E-state index in [0.717, 1.165) is 26.1 Å². The van der Waals surface area contributed by atoms with E-state index in [9.17, 15) is 9.59 Å². The molecule has 0 bridgehead atoms. The molecule has 160 valence electrons. The second-order valence-corrected chi connectivity index (χ2v) is 7.96. The lowest BCUT2D eigenvalue weighted by Crippen LogP contribution is -2.45. The third-order valence-corrected chi connectivity index (χ3v) is 6.11. The molecule has 1 N–H and O–H groups in total. The molecule has 3 fully saturated rings. The number of pyridine rings is 1. The number of ether oxygens (including phenoxy) is 1. The zero-order valence-electron chi connectivity index (χ0n) is 16.8. The van der Waals surface area contributed by atoms with Gasteiger partial charge in [-0.1, -0.05) is 0 Å². The van der Waals surface area contributed by atoms with Crippen LogP contribution < -0.4 is 0 Å². The van der Waals surface area contributed by atoms with Crippen LogP contribution in [0.25, 0.3) is 0 Å². The highest BCUT2D eigenvalue weighted by Gasteiger charge is 2.51. The molecule has 0 aliphatic carbocycles. The lowest BCUT2D eigenvalue weighted by Gasteiger charge is -2.36. The normalized spacial score (nSPS) is 22.7. The van der Waals surface area contributed by atoms with Crippen molar-refractivity contribution in [2.24, 2.45) is 5.41 Å². The number of carboxylic acid groups (broad SMARTS) is 1. The number of carbonyl (C=O) groups excluding carboxylic acids is 2. The van der Waals surface area contributed by atoms with E-state index in [1.54, 1.807) is 11.0 Å². The fraction of sp³-hybridized carbons (Fsp3) is 0.571. The molecule has 4 rings (SSSR count). The van der Waals surface area contributed by atoms with Gasteiger partial charge in [-0.3, -0.25) is 19.3 Å². The number of likely N-dealkylation sites (tertiary alicyclic amines) is 2. The Morgan fingerprint density at radius 1 is 1.33 bits per heavy atom. The number of cyclic esters (lactones) is 1. The van der Waals surface area contributed by atoms with Gasteiger partial charge in [-0.2, -0.15) is 5.26 Å². The van der Waals surface area contributed by atoms with Crippen molar-refractivity contribution in [2.45, 2.75) is 38.2 Å². The Morgan fingerprint density at radius 2 is 2.00 bits per heavy atom. The van der Waals surface area contributed by atoms with E-state index < -0.39 is 5.41 Å². The minimum Gasteiger partial charge on any atom is -0.483 e. The number of carbonyl (C=O) groups is 3. The summed E-state index contributed by atoms with van der Waals surface area (Å²) in [6.07, 6.45) is 5.97. The molecule has 9 nitrogen and oxygen atoms in total. The van der Waals surface area contributed by atoms with Crippen molar-refractivity contribution in [1.29, 1.82) is 5.26 Å². The fourth-order valence-corrected chi connectivity index (χ4v) is 4.55. The highest BCUT2D eigenvalue weighted by Crippen LogP contribution is 2.43. The van der Waals surface area contributed by atoms with Crippen LogP contribution in [0.2, 0.25) is 0 Å². The molecule has 0 saturated carbocycles. The first-order chi connectivity index (χ1) is 14.5. The van der Waals surface area contributed by atoms with Gasteiger partial charge in [0.2, 0.25) is 0 Å². The molecule has 1 spiro atoms. The average molecular weight is 414 g/mol. The van der Waals surface area contributed by atoms with Gasteiger partial charge in [-0.05, 0) is 50.9 Å². The van der Waals surface area contributed by atoms with Crippen molar-refractivity contribution >= 4 is 18.3 Å². The van der Waals surface area contributed by atoms with Crippen LogP contribution in [-0.4, -0.2) is 77.1 Å². The van der Waals surface area contributed by atoms with Crippen LogP contribution in [0.15, 0.2) is 18.3 Å². The molecular weight excluding hydrogens is 388 g/mol. The summed E-state index contributed by atoms with van der Waals surface area (Å²) in [6.45, 7) is 3.85. The topological polar surface area (TPSA) is 124 Å². The minimum atomic E-state index is -0.433. The van der Waals surface area contributed by atoms with Crippen molar-refractivity contribution in [1.82, 2.24) is 14.8 Å². The molecule has 3 aliphatic heterocycles. The molecule has 4 heterocycles. The lowest BCUT2D eigenvalue weighted by molar-refractivity contribution is -0.151. The van der Waals surface area contributed by atoms with Gasteiger partial charge in [0.05, 0.1) is 5.41 Å². The van der Waals surface area contributed by atoms with E-state index >= 15 is 0 Å². The SMILES string of the molecule is N#Cc1cc(C(=O)N2CCC3(CC2)CC(CN2CCCC2)OC3=O)ccn1.O=CO. The Hall–Kier alpha value is -2.99. The molecule has 1 aromatic heterocycles. The number of aromatic nitrogens is 1. The quantitative estimate of drug-likeness (QED) is 0.580. The van der Waals surface area contributed by atoms with Crippen LogP contribution in [0.4, 0.5) is 0 Å². The summed E-state index contributed by atoms with van der Waals surface area (Å²) in [6, 6.07) is 5.10. The summed E-state index contributed by atoms with van der Waals surface area (Å²) in [4.78, 5) is 41.7. The third kappa shape index (κ3) is 4.76. The fourth-order valence-electron chi connectivity index (χ4n) is 4.55. The zero-order valence-corrected chi connectivity index (χ0v) is 16.8. The monoisotopic (exact) mass is 414 g/mol. The molecule has 3 saturated heterocycles. The molecule has 1 amide bonds. The number of piperidine rings is 1. The van der Waals surface area contributed by atoms with E-state index in [0.29, 0.717) is 31.5 Å². The predicted molar refractivity (Wildman–Crippen MR) is 105 cm³/mol. The molecule has 1 unspecified atom stereocenters. The van der Waals surface area contributed by atoms with Crippen LogP contribution in [-0.2, 0) is 14.3 Å². The Balaban J connectivity index is 0.000000806. The maximum atomic E-state index is 12.7. The van der Waals surface area contributed by atoms with E-state index in [1.807, 2.05) is 6.07 Å². The molecule has 0 aromatic carbocycles. The van der Waals surface area contributed by atoms with E-state index in [4.69, 9.17) is 19.9 Å². The highest BCUT2D eigenvalue weighted by atomic mass is 16.6. The number of esters is 1. The number of hydrogen-bond donors (Lipinski definition) is 1. The van der Waals surface area contributed by atoms with Crippen molar-refractivity contribution in [3.8, 4) is 6.07 Å². The summed E-state index contributed by atoms with van der Waals surface area (Å²) < 4.78 is 5.70. The minimum absolute atomic E-state index is 0.0174. The number of nitriles is 1. The number of rotatable bonds is 3. The van der Waals surface area contributed by atoms with Crippen molar-refractivity contribution in [2.75, 3.05) is 32.7 Å². The lowest BCUT2D eigenvalue weighted by atomic mass is 9.76. The zero-order chi connectivity index (χ0) is 21.6. The van der Waals surface area contributed by atoms with E-state index in [1.165, 1.54) is 25.1 Å². The van der Waals surface area contributed by atoms with Gasteiger partial charge >= 0.3 is 5.97 Å². The van der Waals surface area contributed by atoms with Crippen molar-refractivity contribution in [3.63, 3.8) is 0 Å². The molecule has 0 radical (unpaired) electrons. The second kappa shape index (κ2) is 9.67. The smallest absolute Gasteiger partial charge is 0.312 e. The van der Waals surface area contributed by atoms with Gasteiger partial charge in [0, 0.05) is 37.8 Å². The summed E-state index contributed by atoms with van der Waals surface area (Å²) in [7, 11) is 0. The van der Waals surface area contributed by atoms with E-state index in [-0.39, 0.29) is 30.1 Å². The van der Waals surface area contributed by atoms with Crippen molar-refractivity contribution < 1.29 is 24.2 Å². The van der Waals surface area contributed by atoms with E-state index in [2.05, 4.69) is 9.88 Å². The summed E-state index contributed by atoms with van der Waals surface area (Å²) in [5.41, 5.74) is 0.272. The van der Waals surface area contributed by atoms with Crippen LogP contribution in [0.5, 0.6) is 0 Å². The van der Waals surface area contributed by atoms with Gasteiger partial charge in [0.25, 0.3) is 12.4 Å². The van der Waals surface area contributed by atoms with Crippen LogP contribution >= 0.6 is 0 Å². The summed E-state index contributed by atoms with van der Waals surface area (Å²) >= 11 is 0. The van der Waals surface area contributed by atoms with Crippen molar-refractivity contribution in [3.05, 3.63) is 29.6 Å². The third-order valence-electron chi connectivity index (χ3n) is 6.11. The largest absolute Gasteiger partial charge is 0.483 e. The molecule has 1 aromatic rings. The Kier molecular flexibility index (Phi) is 7.00. The number of hydrogen-bond acceptors (Lipinski definition) is 7. The second-order valence-electron chi connectivity index (χ2n) is 7.96. The summed E-state index contributed by atoms with van der Waals surface area (Å²) in [5.74, 6) is -0.196. The number of amides is 1. The molecule has 3 aliphatic rings. The van der Waals surface area contributed by atoms with Crippen LogP contribution in [0, 0.1) is 16.7 Å². The number of nitrogens with zero attached hydrogens (tertiary/aromatic N) is 4. The Labute approximate surface area is 175 Å². The Morgan fingerprint density at radius 3 is 2.63 bits per heavy atom. The average Bonchev–Trinajstić information content (AvgIpc) is 3.37. The van der Waals surface area contributed by atoms with Crippen LogP contribution in [0.3, 0.4) is 0 Å². The highest BCUT2D eigenvalue weighted by molar-refractivity contribution is 5.94. The molecule has 1 atom stereocenters. The standard InChI is InChI=1S/C20H24N4O3.CH2O2/c21-13-16-11-15(3-6-22-16)18(25)24-9-4-20(5-10-24)12-17(27-19(20)26)14-23-7-1-2-8-23;2-1-3/h3,6,11,17H,1-2,4-5,7-10,12,14H2;1H,(H,2,3).